The van der Waals surface area contributed by atoms with Gasteiger partial charge in [-0.05, 0) is 42.5 Å². The summed E-state index contributed by atoms with van der Waals surface area (Å²) in [5, 5.41) is 7.60. The lowest BCUT2D eigenvalue weighted by atomic mass is 10.1. The van der Waals surface area contributed by atoms with Gasteiger partial charge in [-0.2, -0.15) is 5.10 Å². The fourth-order valence-electron chi connectivity index (χ4n) is 3.53. The van der Waals surface area contributed by atoms with Crippen molar-refractivity contribution in [1.82, 2.24) is 20.0 Å². The minimum atomic E-state index is -0.255. The zero-order chi connectivity index (χ0) is 19.2. The number of carbonyl (C=O) groups is 1. The first kappa shape index (κ1) is 19.5. The van der Waals surface area contributed by atoms with Crippen LogP contribution < -0.4 is 5.32 Å². The minimum absolute atomic E-state index is 0.0102. The summed E-state index contributed by atoms with van der Waals surface area (Å²) in [4.78, 5) is 14.6. The van der Waals surface area contributed by atoms with Gasteiger partial charge in [0.15, 0.2) is 0 Å². The third-order valence-electron chi connectivity index (χ3n) is 4.79. The minimum Gasteiger partial charge on any atom is -0.350 e. The lowest BCUT2D eigenvalue weighted by molar-refractivity contribution is -0.121. The summed E-state index contributed by atoms with van der Waals surface area (Å²) in [5.41, 5.74) is 3.10. The van der Waals surface area contributed by atoms with Crippen molar-refractivity contribution in [2.24, 2.45) is 5.92 Å². The van der Waals surface area contributed by atoms with E-state index >= 15 is 0 Å². The fourth-order valence-corrected chi connectivity index (χ4v) is 3.53. The van der Waals surface area contributed by atoms with E-state index in [0.29, 0.717) is 25.3 Å². The number of hydrogen-bond donors (Lipinski definition) is 1. The summed E-state index contributed by atoms with van der Waals surface area (Å²) < 4.78 is 15.0. The number of halogens is 1. The quantitative estimate of drug-likeness (QED) is 0.812. The maximum Gasteiger partial charge on any atom is 0.220 e. The SMILES string of the molecule is CC(C)CN1CCCn2nc(CNC(=O)CCc3ccc(F)cc3)cc2C1. The van der Waals surface area contributed by atoms with Crippen LogP contribution in [0.5, 0.6) is 0 Å². The molecule has 1 aliphatic rings. The predicted molar refractivity (Wildman–Crippen MR) is 104 cm³/mol. The summed E-state index contributed by atoms with van der Waals surface area (Å²) >= 11 is 0. The molecule has 0 radical (unpaired) electrons. The molecule has 1 aromatic heterocycles. The molecular formula is C21H29FN4O. The van der Waals surface area contributed by atoms with Crippen LogP contribution in [0.15, 0.2) is 30.3 Å². The molecule has 0 saturated heterocycles. The Hall–Kier alpha value is -2.21. The topological polar surface area (TPSA) is 50.2 Å². The van der Waals surface area contributed by atoms with Gasteiger partial charge in [0.05, 0.1) is 17.9 Å². The van der Waals surface area contributed by atoms with Crippen molar-refractivity contribution in [1.29, 1.82) is 0 Å². The normalized spacial score (nSPS) is 14.8. The van der Waals surface area contributed by atoms with E-state index in [-0.39, 0.29) is 11.7 Å². The number of nitrogens with one attached hydrogen (secondary N) is 1. The molecule has 27 heavy (non-hydrogen) atoms. The predicted octanol–water partition coefficient (Wildman–Crippen LogP) is 3.13. The molecule has 0 fully saturated rings. The number of aromatic nitrogens is 2. The second-order valence-electron chi connectivity index (χ2n) is 7.74. The molecule has 0 atom stereocenters. The molecule has 2 heterocycles. The molecule has 0 bridgehead atoms. The van der Waals surface area contributed by atoms with Crippen molar-refractivity contribution in [3.8, 4) is 0 Å². The van der Waals surface area contributed by atoms with Crippen molar-refractivity contribution in [3.05, 3.63) is 53.1 Å². The lowest BCUT2D eigenvalue weighted by Gasteiger charge is -2.21. The molecule has 146 valence electrons. The molecular weight excluding hydrogens is 343 g/mol. The number of aryl methyl sites for hydroxylation is 2. The van der Waals surface area contributed by atoms with Gasteiger partial charge in [-0.1, -0.05) is 26.0 Å². The molecule has 6 heteroatoms. The van der Waals surface area contributed by atoms with Crippen molar-refractivity contribution in [2.75, 3.05) is 13.1 Å². The second-order valence-corrected chi connectivity index (χ2v) is 7.74. The van der Waals surface area contributed by atoms with Crippen molar-refractivity contribution >= 4 is 5.91 Å². The Morgan fingerprint density at radius 2 is 2.04 bits per heavy atom. The van der Waals surface area contributed by atoms with Crippen LogP contribution in [0.4, 0.5) is 4.39 Å². The lowest BCUT2D eigenvalue weighted by Crippen LogP contribution is -2.27. The summed E-state index contributed by atoms with van der Waals surface area (Å²) in [6.07, 6.45) is 2.10. The van der Waals surface area contributed by atoms with E-state index < -0.39 is 0 Å². The summed E-state index contributed by atoms with van der Waals surface area (Å²) in [6.45, 7) is 9.00. The van der Waals surface area contributed by atoms with E-state index in [2.05, 4.69) is 39.9 Å². The van der Waals surface area contributed by atoms with Crippen LogP contribution in [-0.2, 0) is 30.8 Å². The van der Waals surface area contributed by atoms with Crippen molar-refractivity contribution in [3.63, 3.8) is 0 Å². The molecule has 1 amide bonds. The van der Waals surface area contributed by atoms with Gasteiger partial charge >= 0.3 is 0 Å². The van der Waals surface area contributed by atoms with E-state index in [9.17, 15) is 9.18 Å². The van der Waals surface area contributed by atoms with E-state index in [1.54, 1.807) is 12.1 Å². The number of hydrogen-bond acceptors (Lipinski definition) is 3. The van der Waals surface area contributed by atoms with Crippen molar-refractivity contribution in [2.45, 2.75) is 52.7 Å². The van der Waals surface area contributed by atoms with Crippen LogP contribution in [0.1, 0.15) is 43.6 Å². The van der Waals surface area contributed by atoms with Gasteiger partial charge in [-0.15, -0.1) is 0 Å². The average Bonchev–Trinajstić information content (AvgIpc) is 2.91. The van der Waals surface area contributed by atoms with Crippen molar-refractivity contribution < 1.29 is 9.18 Å². The maximum absolute atomic E-state index is 12.9. The zero-order valence-electron chi connectivity index (χ0n) is 16.2. The molecule has 1 aromatic carbocycles. The molecule has 0 unspecified atom stereocenters. The molecule has 1 aliphatic heterocycles. The largest absolute Gasteiger partial charge is 0.350 e. The van der Waals surface area contributed by atoms with Crippen LogP contribution in [0.3, 0.4) is 0 Å². The highest BCUT2D eigenvalue weighted by molar-refractivity contribution is 5.76. The van der Waals surface area contributed by atoms with Gasteiger partial charge < -0.3 is 5.32 Å². The molecule has 0 aliphatic carbocycles. The van der Waals surface area contributed by atoms with Gasteiger partial charge in [-0.3, -0.25) is 14.4 Å². The average molecular weight is 372 g/mol. The Balaban J connectivity index is 1.48. The molecule has 0 spiro atoms. The smallest absolute Gasteiger partial charge is 0.220 e. The first-order valence-corrected chi connectivity index (χ1v) is 9.78. The van der Waals surface area contributed by atoms with Gasteiger partial charge in [0.1, 0.15) is 5.82 Å². The summed E-state index contributed by atoms with van der Waals surface area (Å²) in [7, 11) is 0. The molecule has 2 aromatic rings. The third-order valence-corrected chi connectivity index (χ3v) is 4.79. The Kier molecular flexibility index (Phi) is 6.61. The van der Waals surface area contributed by atoms with Crippen LogP contribution >= 0.6 is 0 Å². The summed E-state index contributed by atoms with van der Waals surface area (Å²) in [6, 6.07) is 8.40. The van der Waals surface area contributed by atoms with E-state index in [0.717, 1.165) is 43.9 Å². The Morgan fingerprint density at radius 3 is 2.78 bits per heavy atom. The van der Waals surface area contributed by atoms with Gasteiger partial charge in [-0.25, -0.2) is 4.39 Å². The molecule has 5 nitrogen and oxygen atoms in total. The Labute approximate surface area is 160 Å². The molecule has 0 saturated carbocycles. The van der Waals surface area contributed by atoms with E-state index in [4.69, 9.17) is 0 Å². The highest BCUT2D eigenvalue weighted by Crippen LogP contribution is 2.15. The standard InChI is InChI=1S/C21H29FN4O/c1-16(2)14-25-10-3-11-26-20(15-25)12-19(24-26)13-23-21(27)9-6-17-4-7-18(22)8-5-17/h4-5,7-8,12,16H,3,6,9-11,13-15H2,1-2H3,(H,23,27). The van der Waals surface area contributed by atoms with Gasteiger partial charge in [0, 0.05) is 32.6 Å². The highest BCUT2D eigenvalue weighted by Gasteiger charge is 2.17. The number of fused-ring (bicyclic) bond motifs is 1. The molecule has 1 N–H and O–H groups in total. The van der Waals surface area contributed by atoms with Crippen LogP contribution in [0, 0.1) is 11.7 Å². The third kappa shape index (κ3) is 5.89. The Bertz CT molecular complexity index is 754. The van der Waals surface area contributed by atoms with Gasteiger partial charge in [0.2, 0.25) is 5.91 Å². The van der Waals surface area contributed by atoms with E-state index in [1.807, 2.05) is 0 Å². The first-order valence-electron chi connectivity index (χ1n) is 9.78. The maximum atomic E-state index is 12.9. The number of benzene rings is 1. The zero-order valence-corrected chi connectivity index (χ0v) is 16.2. The molecule has 3 rings (SSSR count). The summed E-state index contributed by atoms with van der Waals surface area (Å²) in [5.74, 6) is 0.387. The second kappa shape index (κ2) is 9.13. The first-order chi connectivity index (χ1) is 13.0. The fraction of sp³-hybridized carbons (Fsp3) is 0.524. The van der Waals surface area contributed by atoms with Crippen LogP contribution in [0.25, 0.3) is 0 Å². The highest BCUT2D eigenvalue weighted by atomic mass is 19.1. The number of nitrogens with zero attached hydrogens (tertiary/aromatic N) is 3. The van der Waals surface area contributed by atoms with E-state index in [1.165, 1.54) is 17.8 Å². The number of carbonyl (C=O) groups excluding carboxylic acids is 1. The van der Waals surface area contributed by atoms with Crippen LogP contribution in [0.2, 0.25) is 0 Å². The number of amides is 1. The monoisotopic (exact) mass is 372 g/mol. The van der Waals surface area contributed by atoms with Gasteiger partial charge in [0.25, 0.3) is 0 Å². The number of rotatable bonds is 7. The Morgan fingerprint density at radius 1 is 1.26 bits per heavy atom. The van der Waals surface area contributed by atoms with Crippen LogP contribution in [-0.4, -0.2) is 33.7 Å².